The number of nitrogens with zero attached hydrogens (tertiary/aromatic N) is 1. The summed E-state index contributed by atoms with van der Waals surface area (Å²) in [5.74, 6) is 0.250. The minimum Gasteiger partial charge on any atom is -0.508 e. The van der Waals surface area contributed by atoms with Crippen molar-refractivity contribution in [3.05, 3.63) is 95.0 Å². The molecule has 5 rings (SSSR count). The molecule has 3 aromatic carbocycles. The van der Waals surface area contributed by atoms with Crippen molar-refractivity contribution in [1.29, 1.82) is 0 Å². The van der Waals surface area contributed by atoms with E-state index in [-0.39, 0.29) is 5.75 Å². The minimum atomic E-state index is 0.250. The number of pyridine rings is 1. The Balaban J connectivity index is 1.78. The van der Waals surface area contributed by atoms with Crippen molar-refractivity contribution in [1.82, 2.24) is 4.98 Å². The summed E-state index contributed by atoms with van der Waals surface area (Å²) in [5, 5.41) is 10.3. The van der Waals surface area contributed by atoms with Gasteiger partial charge in [0.15, 0.2) is 0 Å². The van der Waals surface area contributed by atoms with E-state index < -0.39 is 0 Å². The first-order valence-corrected chi connectivity index (χ1v) is 9.24. The maximum absolute atomic E-state index is 9.62. The Hall–Kier alpha value is -3.10. The summed E-state index contributed by atoms with van der Waals surface area (Å²) < 4.78 is 0. The highest BCUT2D eigenvalue weighted by molar-refractivity contribution is 6.30. The average molecular weight is 370 g/mol. The first-order chi connectivity index (χ1) is 13.2. The number of aromatic nitrogens is 1. The molecule has 1 aliphatic carbocycles. The van der Waals surface area contributed by atoms with E-state index in [9.17, 15) is 5.11 Å². The van der Waals surface area contributed by atoms with E-state index in [1.165, 1.54) is 16.7 Å². The van der Waals surface area contributed by atoms with Gasteiger partial charge in [0.1, 0.15) is 5.75 Å². The summed E-state index contributed by atoms with van der Waals surface area (Å²) in [6.45, 7) is 0. The molecule has 0 radical (unpaired) electrons. The monoisotopic (exact) mass is 369 g/mol. The molecule has 1 aromatic heterocycles. The van der Waals surface area contributed by atoms with Crippen LogP contribution in [-0.4, -0.2) is 10.1 Å². The first kappa shape index (κ1) is 16.1. The summed E-state index contributed by atoms with van der Waals surface area (Å²) in [6, 6.07) is 25.7. The van der Waals surface area contributed by atoms with Crippen molar-refractivity contribution in [2.75, 3.05) is 0 Å². The predicted molar refractivity (Wildman–Crippen MR) is 110 cm³/mol. The van der Waals surface area contributed by atoms with Crippen LogP contribution in [0.25, 0.3) is 33.6 Å². The van der Waals surface area contributed by atoms with Gasteiger partial charge < -0.3 is 5.11 Å². The third-order valence-electron chi connectivity index (χ3n) is 5.06. The number of hydrogen-bond acceptors (Lipinski definition) is 2. The van der Waals surface area contributed by atoms with Gasteiger partial charge in [-0.1, -0.05) is 48.0 Å². The van der Waals surface area contributed by atoms with Gasteiger partial charge in [0.05, 0.1) is 11.4 Å². The van der Waals surface area contributed by atoms with E-state index >= 15 is 0 Å². The molecule has 3 heteroatoms. The highest BCUT2D eigenvalue weighted by Gasteiger charge is 2.24. The lowest BCUT2D eigenvalue weighted by atomic mass is 9.96. The fourth-order valence-electron chi connectivity index (χ4n) is 3.76. The average Bonchev–Trinajstić information content (AvgIpc) is 3.06. The molecule has 0 fully saturated rings. The van der Waals surface area contributed by atoms with E-state index in [2.05, 4.69) is 36.4 Å². The summed E-state index contributed by atoms with van der Waals surface area (Å²) in [5.41, 5.74) is 8.87. The van der Waals surface area contributed by atoms with Crippen molar-refractivity contribution in [3.8, 4) is 39.4 Å². The van der Waals surface area contributed by atoms with Gasteiger partial charge in [-0.2, -0.15) is 0 Å². The van der Waals surface area contributed by atoms with Gasteiger partial charge in [-0.3, -0.25) is 0 Å². The van der Waals surface area contributed by atoms with Gasteiger partial charge in [0.25, 0.3) is 0 Å². The molecule has 0 aliphatic heterocycles. The molecule has 27 heavy (non-hydrogen) atoms. The summed E-state index contributed by atoms with van der Waals surface area (Å²) in [4.78, 5) is 4.99. The van der Waals surface area contributed by atoms with Crippen LogP contribution in [-0.2, 0) is 6.42 Å². The molecule has 0 unspecified atom stereocenters. The Morgan fingerprint density at radius 2 is 1.59 bits per heavy atom. The lowest BCUT2D eigenvalue weighted by molar-refractivity contribution is 0.475. The van der Waals surface area contributed by atoms with Crippen molar-refractivity contribution in [2.24, 2.45) is 0 Å². The van der Waals surface area contributed by atoms with Crippen LogP contribution in [0.5, 0.6) is 5.75 Å². The van der Waals surface area contributed by atoms with Crippen LogP contribution in [0.15, 0.2) is 78.9 Å². The molecule has 2 nitrogen and oxygen atoms in total. The van der Waals surface area contributed by atoms with Crippen molar-refractivity contribution in [2.45, 2.75) is 6.42 Å². The zero-order valence-electron chi connectivity index (χ0n) is 14.5. The molecule has 1 aliphatic rings. The quantitative estimate of drug-likeness (QED) is 0.393. The predicted octanol–water partition coefficient (Wildman–Crippen LogP) is 6.35. The molecule has 4 aromatic rings. The second kappa shape index (κ2) is 6.26. The highest BCUT2D eigenvalue weighted by atomic mass is 35.5. The molecule has 130 valence electrons. The Kier molecular flexibility index (Phi) is 3.73. The molecule has 0 saturated carbocycles. The molecule has 1 heterocycles. The van der Waals surface area contributed by atoms with Crippen LogP contribution in [0, 0.1) is 0 Å². The van der Waals surface area contributed by atoms with E-state index in [1.807, 2.05) is 30.3 Å². The van der Waals surface area contributed by atoms with Crippen molar-refractivity contribution >= 4 is 11.6 Å². The molecule has 1 N–H and O–H groups in total. The van der Waals surface area contributed by atoms with Crippen LogP contribution in [0.4, 0.5) is 0 Å². The highest BCUT2D eigenvalue weighted by Crippen LogP contribution is 2.42. The third-order valence-corrected chi connectivity index (χ3v) is 5.30. The normalized spacial score (nSPS) is 11.9. The van der Waals surface area contributed by atoms with Crippen LogP contribution >= 0.6 is 11.6 Å². The Bertz CT molecular complexity index is 1170. The number of fused-ring (bicyclic) bond motifs is 3. The SMILES string of the molecule is Oc1ccc(-c2cc(-c3cccc(Cl)c3)c3c(n2)-c2ccccc2C3)cc1. The number of hydrogen-bond donors (Lipinski definition) is 1. The largest absolute Gasteiger partial charge is 0.508 e. The second-order valence-electron chi connectivity index (χ2n) is 6.77. The van der Waals surface area contributed by atoms with Gasteiger partial charge in [0, 0.05) is 22.6 Å². The van der Waals surface area contributed by atoms with Crippen LogP contribution in [0.1, 0.15) is 11.1 Å². The van der Waals surface area contributed by atoms with Crippen LogP contribution in [0.2, 0.25) is 5.02 Å². The maximum Gasteiger partial charge on any atom is 0.115 e. The third kappa shape index (κ3) is 2.79. The van der Waals surface area contributed by atoms with Crippen LogP contribution in [0.3, 0.4) is 0 Å². The van der Waals surface area contributed by atoms with Gasteiger partial charge in [-0.15, -0.1) is 0 Å². The molecule has 0 bridgehead atoms. The number of benzene rings is 3. The lowest BCUT2D eigenvalue weighted by Crippen LogP contribution is -1.94. The molecule has 0 atom stereocenters. The zero-order chi connectivity index (χ0) is 18.4. The Morgan fingerprint density at radius 1 is 0.778 bits per heavy atom. The molecule has 0 saturated heterocycles. The first-order valence-electron chi connectivity index (χ1n) is 8.86. The molecule has 0 spiro atoms. The molecular formula is C24H16ClNO. The number of rotatable bonds is 2. The maximum atomic E-state index is 9.62. The smallest absolute Gasteiger partial charge is 0.115 e. The fourth-order valence-corrected chi connectivity index (χ4v) is 3.95. The van der Waals surface area contributed by atoms with Gasteiger partial charge >= 0.3 is 0 Å². The number of phenolic OH excluding ortho intramolecular Hbond substituents is 1. The summed E-state index contributed by atoms with van der Waals surface area (Å²) in [7, 11) is 0. The number of aromatic hydroxyl groups is 1. The van der Waals surface area contributed by atoms with E-state index in [1.54, 1.807) is 12.1 Å². The van der Waals surface area contributed by atoms with Gasteiger partial charge in [-0.25, -0.2) is 4.98 Å². The second-order valence-corrected chi connectivity index (χ2v) is 7.21. The standard InChI is InChI=1S/C24H16ClNO/c25-18-6-3-5-16(12-18)21-14-23(15-8-10-19(27)11-9-15)26-24-20-7-2-1-4-17(20)13-22(21)24/h1-12,14,27H,13H2. The number of phenols is 1. The van der Waals surface area contributed by atoms with Crippen LogP contribution < -0.4 is 0 Å². The lowest BCUT2D eigenvalue weighted by Gasteiger charge is -2.12. The van der Waals surface area contributed by atoms with Gasteiger partial charge in [0.2, 0.25) is 0 Å². The van der Waals surface area contributed by atoms with E-state index in [4.69, 9.17) is 16.6 Å². The van der Waals surface area contributed by atoms with Crippen molar-refractivity contribution in [3.63, 3.8) is 0 Å². The molecular weight excluding hydrogens is 354 g/mol. The number of halogens is 1. The summed E-state index contributed by atoms with van der Waals surface area (Å²) >= 11 is 6.27. The van der Waals surface area contributed by atoms with E-state index in [0.29, 0.717) is 0 Å². The van der Waals surface area contributed by atoms with E-state index in [0.717, 1.165) is 39.5 Å². The van der Waals surface area contributed by atoms with Gasteiger partial charge in [-0.05, 0) is 64.7 Å². The topological polar surface area (TPSA) is 33.1 Å². The summed E-state index contributed by atoms with van der Waals surface area (Å²) in [6.07, 6.45) is 0.871. The Labute approximate surface area is 162 Å². The fraction of sp³-hybridized carbons (Fsp3) is 0.0417. The van der Waals surface area contributed by atoms with Crippen molar-refractivity contribution < 1.29 is 5.11 Å². The Morgan fingerprint density at radius 3 is 2.41 bits per heavy atom. The zero-order valence-corrected chi connectivity index (χ0v) is 15.2. The molecule has 0 amide bonds. The minimum absolute atomic E-state index is 0.250.